The SMILES string of the molecule is CC(C)(C)OC(=O)N[C@@H](Cc1ccc2c(c1)NC(=O)C(CCC1CN=C(N)N1[O-])O2)C(=O)O. The number of carboxylic acid groups (broad SMARTS) is 1. The predicted molar refractivity (Wildman–Crippen MR) is 119 cm³/mol. The molecule has 2 aliphatic rings. The van der Waals surface area contributed by atoms with Crippen LogP contribution in [0, 0.1) is 5.21 Å². The van der Waals surface area contributed by atoms with E-state index in [2.05, 4.69) is 15.6 Å². The van der Waals surface area contributed by atoms with E-state index < -0.39 is 35.9 Å². The Morgan fingerprint density at radius 2 is 2.15 bits per heavy atom. The molecule has 12 nitrogen and oxygen atoms in total. The molecule has 2 aliphatic heterocycles. The number of hydroxylamine groups is 2. The van der Waals surface area contributed by atoms with Gasteiger partial charge >= 0.3 is 12.1 Å². The Labute approximate surface area is 190 Å². The molecule has 0 saturated heterocycles. The zero-order valence-electron chi connectivity index (χ0n) is 18.7. The number of amides is 2. The summed E-state index contributed by atoms with van der Waals surface area (Å²) in [6.45, 7) is 5.31. The summed E-state index contributed by atoms with van der Waals surface area (Å²) in [5, 5.41) is 27.0. The molecule has 0 fully saturated rings. The number of alkyl carbamates (subject to hydrolysis) is 1. The van der Waals surface area contributed by atoms with Crippen LogP contribution in [0.25, 0.3) is 0 Å². The molecular formula is C21H28N5O7-. The van der Waals surface area contributed by atoms with E-state index in [0.29, 0.717) is 34.9 Å². The van der Waals surface area contributed by atoms with Crippen molar-refractivity contribution in [2.45, 2.75) is 63.8 Å². The van der Waals surface area contributed by atoms with Gasteiger partial charge in [0.1, 0.15) is 17.4 Å². The summed E-state index contributed by atoms with van der Waals surface area (Å²) >= 11 is 0. The van der Waals surface area contributed by atoms with Crippen LogP contribution in [0.15, 0.2) is 23.2 Å². The van der Waals surface area contributed by atoms with Crippen molar-refractivity contribution < 1.29 is 29.0 Å². The van der Waals surface area contributed by atoms with Gasteiger partial charge in [-0.05, 0) is 51.3 Å². The Bertz CT molecular complexity index is 959. The van der Waals surface area contributed by atoms with Crippen molar-refractivity contribution in [2.24, 2.45) is 10.7 Å². The van der Waals surface area contributed by atoms with E-state index in [4.69, 9.17) is 15.2 Å². The smallest absolute Gasteiger partial charge is 0.408 e. The number of guanidine groups is 1. The van der Waals surface area contributed by atoms with Crippen LogP contribution < -0.4 is 21.1 Å². The Morgan fingerprint density at radius 3 is 2.76 bits per heavy atom. The second-order valence-electron chi connectivity index (χ2n) is 8.92. The van der Waals surface area contributed by atoms with Crippen LogP contribution in [0.2, 0.25) is 0 Å². The zero-order chi connectivity index (χ0) is 24.3. The van der Waals surface area contributed by atoms with E-state index in [9.17, 15) is 24.7 Å². The molecule has 0 aromatic heterocycles. The molecule has 1 aromatic carbocycles. The number of fused-ring (bicyclic) bond motifs is 1. The lowest BCUT2D eigenvalue weighted by Gasteiger charge is -2.33. The molecule has 3 rings (SSSR count). The lowest BCUT2D eigenvalue weighted by atomic mass is 10.0. The maximum atomic E-state index is 12.5. The van der Waals surface area contributed by atoms with Gasteiger partial charge in [-0.2, -0.15) is 0 Å². The Kier molecular flexibility index (Phi) is 6.96. The largest absolute Gasteiger partial charge is 0.756 e. The van der Waals surface area contributed by atoms with Gasteiger partial charge in [-0.15, -0.1) is 0 Å². The molecule has 33 heavy (non-hydrogen) atoms. The summed E-state index contributed by atoms with van der Waals surface area (Å²) in [5.41, 5.74) is 5.68. The molecule has 12 heteroatoms. The molecule has 0 saturated carbocycles. The average molecular weight is 462 g/mol. The molecule has 2 amide bonds. The molecule has 2 heterocycles. The first-order valence-corrected chi connectivity index (χ1v) is 10.5. The molecule has 1 aromatic rings. The second kappa shape index (κ2) is 9.53. The number of nitrogens with one attached hydrogen (secondary N) is 2. The van der Waals surface area contributed by atoms with Crippen molar-refractivity contribution in [1.29, 1.82) is 0 Å². The highest BCUT2D eigenvalue weighted by Crippen LogP contribution is 2.32. The molecule has 0 aliphatic carbocycles. The predicted octanol–water partition coefficient (Wildman–Crippen LogP) is 1.18. The number of anilines is 1. The van der Waals surface area contributed by atoms with Crippen molar-refractivity contribution in [3.8, 4) is 5.75 Å². The van der Waals surface area contributed by atoms with Crippen LogP contribution in [0.1, 0.15) is 39.2 Å². The quantitative estimate of drug-likeness (QED) is 0.463. The van der Waals surface area contributed by atoms with Crippen LogP contribution >= 0.6 is 0 Å². The Morgan fingerprint density at radius 1 is 1.42 bits per heavy atom. The first-order valence-electron chi connectivity index (χ1n) is 10.5. The topological polar surface area (TPSA) is 179 Å². The van der Waals surface area contributed by atoms with Gasteiger partial charge < -0.3 is 41.2 Å². The molecule has 2 unspecified atom stereocenters. The van der Waals surface area contributed by atoms with Gasteiger partial charge in [0.2, 0.25) is 0 Å². The van der Waals surface area contributed by atoms with Crippen molar-refractivity contribution in [3.63, 3.8) is 0 Å². The van der Waals surface area contributed by atoms with Gasteiger partial charge in [-0.3, -0.25) is 9.79 Å². The number of aliphatic carboxylic acids is 1. The molecule has 0 radical (unpaired) electrons. The minimum absolute atomic E-state index is 0.0242. The minimum Gasteiger partial charge on any atom is -0.756 e. The van der Waals surface area contributed by atoms with E-state index in [-0.39, 0.29) is 24.8 Å². The van der Waals surface area contributed by atoms with Crippen LogP contribution in [-0.4, -0.2) is 64.4 Å². The minimum atomic E-state index is -1.22. The van der Waals surface area contributed by atoms with Crippen molar-refractivity contribution in [1.82, 2.24) is 10.4 Å². The summed E-state index contributed by atoms with van der Waals surface area (Å²) in [6, 6.07) is 3.24. The summed E-state index contributed by atoms with van der Waals surface area (Å²) < 4.78 is 10.9. The number of nitrogens with zero attached hydrogens (tertiary/aromatic N) is 2. The van der Waals surface area contributed by atoms with E-state index in [1.807, 2.05) is 0 Å². The molecular weight excluding hydrogens is 434 g/mol. The normalized spacial score (nSPS) is 20.8. The summed E-state index contributed by atoms with van der Waals surface area (Å²) in [7, 11) is 0. The number of nitrogens with two attached hydrogens (primary N) is 1. The van der Waals surface area contributed by atoms with Crippen LogP contribution in [0.3, 0.4) is 0 Å². The number of rotatable bonds is 7. The molecule has 0 spiro atoms. The number of hydrogen-bond donors (Lipinski definition) is 4. The molecule has 5 N–H and O–H groups in total. The summed E-state index contributed by atoms with van der Waals surface area (Å²) in [4.78, 5) is 39.9. The number of carboxylic acids is 1. The third-order valence-corrected chi connectivity index (χ3v) is 5.08. The van der Waals surface area contributed by atoms with Gasteiger partial charge in [0.25, 0.3) is 5.91 Å². The van der Waals surface area contributed by atoms with Crippen molar-refractivity contribution in [2.75, 3.05) is 11.9 Å². The number of carbonyl (C=O) groups excluding carboxylic acids is 2. The fourth-order valence-electron chi connectivity index (χ4n) is 3.48. The number of benzene rings is 1. The fraction of sp³-hybridized carbons (Fsp3) is 0.524. The lowest BCUT2D eigenvalue weighted by Crippen LogP contribution is -2.44. The summed E-state index contributed by atoms with van der Waals surface area (Å²) in [6.07, 6.45) is -0.947. The second-order valence-corrected chi connectivity index (χ2v) is 8.92. The first kappa shape index (κ1) is 24.1. The Balaban J connectivity index is 1.61. The van der Waals surface area contributed by atoms with E-state index in [0.717, 1.165) is 0 Å². The fourth-order valence-corrected chi connectivity index (χ4v) is 3.48. The lowest BCUT2D eigenvalue weighted by molar-refractivity contribution is -0.139. The monoisotopic (exact) mass is 462 g/mol. The van der Waals surface area contributed by atoms with Gasteiger partial charge in [0, 0.05) is 12.5 Å². The molecule has 180 valence electrons. The highest BCUT2D eigenvalue weighted by molar-refractivity contribution is 5.97. The number of aliphatic imine (C=N–C) groups is 1. The maximum Gasteiger partial charge on any atom is 0.408 e. The third-order valence-electron chi connectivity index (χ3n) is 5.08. The molecule has 3 atom stereocenters. The van der Waals surface area contributed by atoms with Crippen LogP contribution in [-0.2, 0) is 20.7 Å². The number of carbonyl (C=O) groups is 3. The highest BCUT2D eigenvalue weighted by Gasteiger charge is 2.30. The average Bonchev–Trinajstić information content (AvgIpc) is 3.02. The van der Waals surface area contributed by atoms with Crippen molar-refractivity contribution >= 4 is 29.6 Å². The third kappa shape index (κ3) is 6.25. The first-order chi connectivity index (χ1) is 15.4. The molecule has 0 bridgehead atoms. The number of hydrogen-bond acceptors (Lipinski definition) is 9. The van der Waals surface area contributed by atoms with Gasteiger partial charge in [0.15, 0.2) is 12.1 Å². The van der Waals surface area contributed by atoms with Crippen LogP contribution in [0.4, 0.5) is 10.5 Å². The number of ether oxygens (including phenoxy) is 2. The highest BCUT2D eigenvalue weighted by atomic mass is 16.6. The maximum absolute atomic E-state index is 12.5. The van der Waals surface area contributed by atoms with Gasteiger partial charge in [-0.25, -0.2) is 9.59 Å². The standard InChI is InChI=1S/C21H28N5O7/c1-21(2,3)33-20(30)25-14(18(28)29)9-11-4-6-15-13(8-11)24-17(27)16(32-15)7-5-12-10-23-19(22)26(12)31/h4,6,8,12,14,16H,5,7,9-10H2,1-3H3,(H2,22,23)(H,24,27)(H,25,30)(H,28,29)/q-1/t12?,14-,16?/m0/s1. The van der Waals surface area contributed by atoms with Gasteiger partial charge in [0.05, 0.1) is 12.2 Å². The van der Waals surface area contributed by atoms with E-state index >= 15 is 0 Å². The zero-order valence-corrected chi connectivity index (χ0v) is 18.7. The Hall–Kier alpha value is -3.54. The van der Waals surface area contributed by atoms with Crippen LogP contribution in [0.5, 0.6) is 5.75 Å². The van der Waals surface area contributed by atoms with Gasteiger partial charge in [-0.1, -0.05) is 6.07 Å². The van der Waals surface area contributed by atoms with E-state index in [1.54, 1.807) is 39.0 Å². The van der Waals surface area contributed by atoms with E-state index in [1.165, 1.54) is 0 Å². The van der Waals surface area contributed by atoms with Crippen molar-refractivity contribution in [3.05, 3.63) is 29.0 Å². The summed E-state index contributed by atoms with van der Waals surface area (Å²) in [5.74, 6) is -1.22.